The van der Waals surface area contributed by atoms with Gasteiger partial charge in [0, 0.05) is 30.2 Å². The van der Waals surface area contributed by atoms with Gasteiger partial charge in [0.15, 0.2) is 5.82 Å². The maximum Gasteiger partial charge on any atom is 0.243 e. The molecule has 1 heterocycles. The van der Waals surface area contributed by atoms with Gasteiger partial charge in [0.25, 0.3) is 0 Å². The Balaban J connectivity index is 2.10. The van der Waals surface area contributed by atoms with Gasteiger partial charge in [-0.15, -0.1) is 0 Å². The van der Waals surface area contributed by atoms with E-state index in [0.29, 0.717) is 16.7 Å². The van der Waals surface area contributed by atoms with Crippen LogP contribution in [0.25, 0.3) is 0 Å². The second kappa shape index (κ2) is 6.08. The van der Waals surface area contributed by atoms with Gasteiger partial charge in [-0.3, -0.25) is 4.68 Å². The highest BCUT2D eigenvalue weighted by atomic mass is 79.9. The van der Waals surface area contributed by atoms with E-state index in [1.54, 1.807) is 7.05 Å². The molecule has 0 amide bonds. The van der Waals surface area contributed by atoms with Crippen molar-refractivity contribution in [2.75, 3.05) is 12.3 Å². The fourth-order valence-electron chi connectivity index (χ4n) is 1.62. The molecule has 0 unspecified atom stereocenters. The van der Waals surface area contributed by atoms with Crippen molar-refractivity contribution in [2.45, 2.75) is 11.3 Å². The Labute approximate surface area is 129 Å². The monoisotopic (exact) mass is 377 g/mol. The number of halogens is 2. The lowest BCUT2D eigenvalue weighted by Gasteiger charge is -2.08. The van der Waals surface area contributed by atoms with Gasteiger partial charge in [-0.2, -0.15) is 5.10 Å². The van der Waals surface area contributed by atoms with Gasteiger partial charge in [0.2, 0.25) is 10.0 Å². The summed E-state index contributed by atoms with van der Waals surface area (Å²) in [5, 5.41) is 4.02. The van der Waals surface area contributed by atoms with Gasteiger partial charge in [-0.05, 0) is 28.1 Å². The van der Waals surface area contributed by atoms with Gasteiger partial charge in [-0.1, -0.05) is 0 Å². The summed E-state index contributed by atoms with van der Waals surface area (Å²) in [7, 11) is -2.27. The highest BCUT2D eigenvalue weighted by Crippen LogP contribution is 2.25. The van der Waals surface area contributed by atoms with Crippen LogP contribution in [0.3, 0.4) is 0 Å². The average Bonchev–Trinajstić information content (AvgIpc) is 2.79. The Morgan fingerprint density at radius 2 is 2.19 bits per heavy atom. The molecule has 1 aromatic heterocycles. The molecule has 3 N–H and O–H groups in total. The van der Waals surface area contributed by atoms with E-state index in [1.807, 2.05) is 0 Å². The Kier molecular flexibility index (Phi) is 4.59. The molecule has 0 bridgehead atoms. The number of aromatic nitrogens is 3. The summed E-state index contributed by atoms with van der Waals surface area (Å²) >= 11 is 3.03. The number of nitrogens with one attached hydrogen (secondary N) is 1. The summed E-state index contributed by atoms with van der Waals surface area (Å²) in [5.41, 5.74) is 5.72. The van der Waals surface area contributed by atoms with E-state index in [9.17, 15) is 12.8 Å². The molecular formula is C11H13BrFN5O2S. The molecule has 0 saturated carbocycles. The summed E-state index contributed by atoms with van der Waals surface area (Å²) < 4.78 is 41.9. The molecule has 114 valence electrons. The van der Waals surface area contributed by atoms with E-state index >= 15 is 0 Å². The SMILES string of the molecule is Cn1cnc(CCNS(=O)(=O)c2cc(N)c(Br)cc2F)n1. The lowest BCUT2D eigenvalue weighted by atomic mass is 10.3. The van der Waals surface area contributed by atoms with E-state index in [-0.39, 0.29) is 12.2 Å². The van der Waals surface area contributed by atoms with Crippen LogP contribution >= 0.6 is 15.9 Å². The molecule has 7 nitrogen and oxygen atoms in total. The van der Waals surface area contributed by atoms with Crippen LogP contribution in [0, 0.1) is 5.82 Å². The molecule has 21 heavy (non-hydrogen) atoms. The number of rotatable bonds is 5. The molecule has 0 spiro atoms. The van der Waals surface area contributed by atoms with E-state index in [4.69, 9.17) is 5.73 Å². The van der Waals surface area contributed by atoms with Crippen LogP contribution in [0.15, 0.2) is 27.8 Å². The Morgan fingerprint density at radius 1 is 1.48 bits per heavy atom. The van der Waals surface area contributed by atoms with Gasteiger partial charge in [0.1, 0.15) is 17.0 Å². The molecule has 1 aromatic carbocycles. The topological polar surface area (TPSA) is 103 Å². The van der Waals surface area contributed by atoms with Crippen molar-refractivity contribution >= 4 is 31.6 Å². The number of nitrogens with zero attached hydrogens (tertiary/aromatic N) is 3. The van der Waals surface area contributed by atoms with Crippen LogP contribution in [0.4, 0.5) is 10.1 Å². The van der Waals surface area contributed by atoms with Crippen molar-refractivity contribution in [1.29, 1.82) is 0 Å². The molecule has 0 aliphatic carbocycles. The first-order chi connectivity index (χ1) is 9.79. The van der Waals surface area contributed by atoms with E-state index in [1.165, 1.54) is 11.0 Å². The maximum atomic E-state index is 13.7. The quantitative estimate of drug-likeness (QED) is 0.750. The third-order valence-electron chi connectivity index (χ3n) is 2.63. The van der Waals surface area contributed by atoms with Crippen molar-refractivity contribution in [1.82, 2.24) is 19.5 Å². The first-order valence-electron chi connectivity index (χ1n) is 5.88. The van der Waals surface area contributed by atoms with Gasteiger partial charge in [0.05, 0.1) is 0 Å². The Hall–Kier alpha value is -1.52. The zero-order chi connectivity index (χ0) is 15.6. The smallest absolute Gasteiger partial charge is 0.243 e. The van der Waals surface area contributed by atoms with Gasteiger partial charge < -0.3 is 5.73 Å². The third kappa shape index (κ3) is 3.77. The fraction of sp³-hybridized carbons (Fsp3) is 0.273. The molecule has 2 aromatic rings. The van der Waals surface area contributed by atoms with E-state index in [2.05, 4.69) is 30.7 Å². The predicted octanol–water partition coefficient (Wildman–Crippen LogP) is 0.820. The summed E-state index contributed by atoms with van der Waals surface area (Å²) in [6.07, 6.45) is 1.81. The lowest BCUT2D eigenvalue weighted by molar-refractivity contribution is 0.556. The second-order valence-corrected chi connectivity index (χ2v) is 6.88. The van der Waals surface area contributed by atoms with Crippen LogP contribution in [-0.4, -0.2) is 29.7 Å². The first-order valence-corrected chi connectivity index (χ1v) is 8.16. The van der Waals surface area contributed by atoms with Crippen LogP contribution < -0.4 is 10.5 Å². The molecule has 0 atom stereocenters. The highest BCUT2D eigenvalue weighted by molar-refractivity contribution is 9.10. The van der Waals surface area contributed by atoms with Crippen LogP contribution in [0.2, 0.25) is 0 Å². The minimum Gasteiger partial charge on any atom is -0.398 e. The van der Waals surface area contributed by atoms with Crippen molar-refractivity contribution in [2.24, 2.45) is 7.05 Å². The Bertz CT molecular complexity index is 762. The molecule has 0 radical (unpaired) electrons. The number of nitrogen functional groups attached to an aromatic ring is 1. The molecule has 10 heteroatoms. The molecule has 0 saturated heterocycles. The number of anilines is 1. The van der Waals surface area contributed by atoms with Crippen LogP contribution in [-0.2, 0) is 23.5 Å². The number of aryl methyl sites for hydroxylation is 1. The third-order valence-corrected chi connectivity index (χ3v) is 4.79. The second-order valence-electron chi connectivity index (χ2n) is 4.29. The largest absolute Gasteiger partial charge is 0.398 e. The standard InChI is InChI=1S/C11H13BrFN5O2S/c1-18-6-15-11(17-18)2-3-16-21(19,20)10-5-9(14)7(12)4-8(10)13/h4-6,16H,2-3,14H2,1H3. The van der Waals surface area contributed by atoms with Crippen LogP contribution in [0.5, 0.6) is 0 Å². The van der Waals surface area contributed by atoms with E-state index < -0.39 is 20.7 Å². The van der Waals surface area contributed by atoms with Crippen molar-refractivity contribution in [3.63, 3.8) is 0 Å². The normalized spacial score (nSPS) is 11.8. The summed E-state index contributed by atoms with van der Waals surface area (Å²) in [5.74, 6) is -0.379. The fourth-order valence-corrected chi connectivity index (χ4v) is 3.06. The van der Waals surface area contributed by atoms with Gasteiger partial charge >= 0.3 is 0 Å². The molecule has 0 aliphatic heterocycles. The summed E-state index contributed by atoms with van der Waals surface area (Å²) in [6, 6.07) is 2.09. The molecule has 0 aliphatic rings. The number of benzene rings is 1. The van der Waals surface area contributed by atoms with Crippen molar-refractivity contribution in [3.8, 4) is 0 Å². The minimum atomic E-state index is -3.98. The number of hydrogen-bond acceptors (Lipinski definition) is 5. The number of nitrogens with two attached hydrogens (primary N) is 1. The molecule has 2 rings (SSSR count). The van der Waals surface area contributed by atoms with Crippen molar-refractivity contribution in [3.05, 3.63) is 34.6 Å². The molecular weight excluding hydrogens is 365 g/mol. The number of hydrogen-bond donors (Lipinski definition) is 2. The highest BCUT2D eigenvalue weighted by Gasteiger charge is 2.20. The average molecular weight is 378 g/mol. The maximum absolute atomic E-state index is 13.7. The van der Waals surface area contributed by atoms with Crippen LogP contribution in [0.1, 0.15) is 5.82 Å². The first kappa shape index (κ1) is 15.9. The van der Waals surface area contributed by atoms with E-state index in [0.717, 1.165) is 12.1 Å². The minimum absolute atomic E-state index is 0.0573. The zero-order valence-electron chi connectivity index (χ0n) is 11.0. The Morgan fingerprint density at radius 3 is 2.81 bits per heavy atom. The van der Waals surface area contributed by atoms with Gasteiger partial charge in [-0.25, -0.2) is 22.5 Å². The van der Waals surface area contributed by atoms with Crippen molar-refractivity contribution < 1.29 is 12.8 Å². The summed E-state index contributed by atoms with van der Waals surface area (Å²) in [4.78, 5) is 3.48. The summed E-state index contributed by atoms with van der Waals surface area (Å²) in [6.45, 7) is 0.0573. The number of sulfonamides is 1. The zero-order valence-corrected chi connectivity index (χ0v) is 13.4. The molecule has 0 fully saturated rings. The predicted molar refractivity (Wildman–Crippen MR) is 78.4 cm³/mol. The lowest BCUT2D eigenvalue weighted by Crippen LogP contribution is -2.27.